The number of carbonyl (C=O) groups is 1. The molecule has 0 fully saturated rings. The molecular formula is C4H6Cl2O2. The van der Waals surface area contributed by atoms with Gasteiger partial charge in [-0.05, 0) is 0 Å². The Kier molecular flexibility index (Phi) is 13.3. The third-order valence-electron chi connectivity index (χ3n) is 0.0476. The molecule has 0 saturated carbocycles. The molecule has 0 saturated heterocycles. The fourth-order valence-electron chi connectivity index (χ4n) is 0. The highest BCUT2D eigenvalue weighted by molar-refractivity contribution is 6.33. The molecule has 0 radical (unpaired) electrons. The van der Waals surface area contributed by atoms with Crippen molar-refractivity contribution < 1.29 is 9.90 Å². The number of aliphatic carboxylic acids is 1. The molecule has 1 N–H and O–H groups in total. The van der Waals surface area contributed by atoms with Gasteiger partial charge in [-0.25, -0.2) is 0 Å². The summed E-state index contributed by atoms with van der Waals surface area (Å²) in [6, 6.07) is 0. The first kappa shape index (κ1) is 10.7. The molecule has 0 aliphatic rings. The van der Waals surface area contributed by atoms with Crippen LogP contribution < -0.4 is 0 Å². The van der Waals surface area contributed by atoms with Crippen LogP contribution in [0.5, 0.6) is 0 Å². The molecule has 0 spiro atoms. The van der Waals surface area contributed by atoms with Crippen molar-refractivity contribution in [1.82, 2.24) is 0 Å². The Morgan fingerprint density at radius 3 is 1.62 bits per heavy atom. The third kappa shape index (κ3) is 213. The van der Waals surface area contributed by atoms with Crippen LogP contribution in [0, 0.1) is 0 Å². The maximum Gasteiger partial charge on any atom is 0.300 e. The molecular weight excluding hydrogens is 151 g/mol. The van der Waals surface area contributed by atoms with Gasteiger partial charge in [-0.3, -0.25) is 4.79 Å². The van der Waals surface area contributed by atoms with Crippen LogP contribution in [0.4, 0.5) is 0 Å². The van der Waals surface area contributed by atoms with Crippen LogP contribution in [0.25, 0.3) is 0 Å². The van der Waals surface area contributed by atoms with Gasteiger partial charge < -0.3 is 5.11 Å². The van der Waals surface area contributed by atoms with Gasteiger partial charge in [0, 0.05) is 18.0 Å². The molecule has 0 aromatic heterocycles. The second-order valence-electron chi connectivity index (χ2n) is 0.771. The van der Waals surface area contributed by atoms with Crippen molar-refractivity contribution >= 4 is 29.2 Å². The lowest BCUT2D eigenvalue weighted by Gasteiger charge is -1.59. The number of carboxylic acids is 1. The SMILES string of the molecule is CC(=O)O.ClC=CCl. The number of halogens is 2. The van der Waals surface area contributed by atoms with Gasteiger partial charge in [0.15, 0.2) is 0 Å². The molecule has 0 aliphatic heterocycles. The van der Waals surface area contributed by atoms with Gasteiger partial charge >= 0.3 is 0 Å². The predicted octanol–water partition coefficient (Wildman–Crippen LogP) is 2.03. The topological polar surface area (TPSA) is 37.3 Å². The standard InChI is InChI=1S/C2H2Cl2.C2H4O2/c3-1-2-4;1-2(3)4/h1-2H;1H3,(H,3,4). The molecule has 4 heteroatoms. The maximum absolute atomic E-state index is 9.00. The lowest BCUT2D eigenvalue weighted by molar-refractivity contribution is -0.134. The highest BCUT2D eigenvalue weighted by atomic mass is 35.5. The van der Waals surface area contributed by atoms with Crippen LogP contribution in [0.15, 0.2) is 11.1 Å². The molecule has 48 valence electrons. The second kappa shape index (κ2) is 9.92. The normalized spacial score (nSPS) is 7.88. The first-order valence-electron chi connectivity index (χ1n) is 1.70. The fourth-order valence-corrected chi connectivity index (χ4v) is 0. The van der Waals surface area contributed by atoms with Gasteiger partial charge in [0.05, 0.1) is 0 Å². The molecule has 0 bridgehead atoms. The summed E-state index contributed by atoms with van der Waals surface area (Å²) >= 11 is 9.75. The summed E-state index contributed by atoms with van der Waals surface area (Å²) in [7, 11) is 0. The maximum atomic E-state index is 9.00. The van der Waals surface area contributed by atoms with Gasteiger partial charge in [0.1, 0.15) is 0 Å². The molecule has 0 aromatic carbocycles. The van der Waals surface area contributed by atoms with E-state index in [0.29, 0.717) is 0 Å². The molecule has 0 atom stereocenters. The minimum Gasteiger partial charge on any atom is -0.481 e. The van der Waals surface area contributed by atoms with Crippen LogP contribution in [0.2, 0.25) is 0 Å². The molecule has 0 rings (SSSR count). The monoisotopic (exact) mass is 156 g/mol. The van der Waals surface area contributed by atoms with E-state index in [0.717, 1.165) is 6.92 Å². The summed E-state index contributed by atoms with van der Waals surface area (Å²) in [5, 5.41) is 7.42. The van der Waals surface area contributed by atoms with Gasteiger partial charge in [-0.2, -0.15) is 0 Å². The molecule has 0 heterocycles. The minimum atomic E-state index is -0.833. The Bertz CT molecular complexity index is 72.1. The summed E-state index contributed by atoms with van der Waals surface area (Å²) in [6.45, 7) is 1.08. The van der Waals surface area contributed by atoms with Crippen molar-refractivity contribution in [2.24, 2.45) is 0 Å². The van der Waals surface area contributed by atoms with Crippen molar-refractivity contribution in [3.63, 3.8) is 0 Å². The average molecular weight is 157 g/mol. The molecule has 0 unspecified atom stereocenters. The Labute approximate surface area is 57.7 Å². The van der Waals surface area contributed by atoms with Crippen molar-refractivity contribution in [2.75, 3.05) is 0 Å². The van der Waals surface area contributed by atoms with Crippen LogP contribution in [-0.2, 0) is 4.79 Å². The van der Waals surface area contributed by atoms with Gasteiger partial charge in [-0.15, -0.1) is 0 Å². The summed E-state index contributed by atoms with van der Waals surface area (Å²) in [4.78, 5) is 9.00. The van der Waals surface area contributed by atoms with E-state index in [4.69, 9.17) is 33.1 Å². The van der Waals surface area contributed by atoms with E-state index >= 15 is 0 Å². The zero-order chi connectivity index (χ0) is 6.99. The number of carboxylic acid groups (broad SMARTS) is 1. The summed E-state index contributed by atoms with van der Waals surface area (Å²) in [5.41, 5.74) is 2.48. The number of hydrogen-bond donors (Lipinski definition) is 1. The minimum absolute atomic E-state index is 0.833. The summed E-state index contributed by atoms with van der Waals surface area (Å²) < 4.78 is 0. The van der Waals surface area contributed by atoms with Crippen molar-refractivity contribution in [1.29, 1.82) is 0 Å². The van der Waals surface area contributed by atoms with E-state index in [1.807, 2.05) is 0 Å². The molecule has 0 aromatic rings. The smallest absolute Gasteiger partial charge is 0.300 e. The summed E-state index contributed by atoms with van der Waals surface area (Å²) in [5.74, 6) is -0.833. The van der Waals surface area contributed by atoms with E-state index in [2.05, 4.69) is 0 Å². The van der Waals surface area contributed by atoms with Gasteiger partial charge in [-0.1, -0.05) is 23.2 Å². The van der Waals surface area contributed by atoms with Crippen LogP contribution in [0.3, 0.4) is 0 Å². The summed E-state index contributed by atoms with van der Waals surface area (Å²) in [6.07, 6.45) is 0. The van der Waals surface area contributed by atoms with E-state index in [1.54, 1.807) is 0 Å². The highest BCUT2D eigenvalue weighted by Crippen LogP contribution is 1.78. The Balaban J connectivity index is 0. The lowest BCUT2D eigenvalue weighted by atomic mass is 10.9. The number of hydrogen-bond acceptors (Lipinski definition) is 1. The second-order valence-corrected chi connectivity index (χ2v) is 1.27. The fraction of sp³-hybridized carbons (Fsp3) is 0.250. The third-order valence-corrected chi connectivity index (χ3v) is 0.429. The zero-order valence-corrected chi connectivity index (χ0v) is 5.78. The van der Waals surface area contributed by atoms with Crippen molar-refractivity contribution in [3.05, 3.63) is 11.1 Å². The first-order valence-corrected chi connectivity index (χ1v) is 2.57. The Hall–Kier alpha value is -0.210. The molecule has 0 amide bonds. The molecule has 0 aliphatic carbocycles. The van der Waals surface area contributed by atoms with Crippen LogP contribution >= 0.6 is 23.2 Å². The Morgan fingerprint density at radius 2 is 1.62 bits per heavy atom. The van der Waals surface area contributed by atoms with Crippen molar-refractivity contribution in [2.45, 2.75) is 6.92 Å². The van der Waals surface area contributed by atoms with Crippen molar-refractivity contribution in [3.8, 4) is 0 Å². The van der Waals surface area contributed by atoms with E-state index in [9.17, 15) is 0 Å². The van der Waals surface area contributed by atoms with E-state index in [1.165, 1.54) is 11.1 Å². The van der Waals surface area contributed by atoms with Crippen LogP contribution in [-0.4, -0.2) is 11.1 Å². The van der Waals surface area contributed by atoms with Crippen LogP contribution in [0.1, 0.15) is 6.92 Å². The number of rotatable bonds is 0. The van der Waals surface area contributed by atoms with E-state index in [-0.39, 0.29) is 0 Å². The first-order chi connectivity index (χ1) is 3.65. The molecule has 8 heavy (non-hydrogen) atoms. The lowest BCUT2D eigenvalue weighted by Crippen LogP contribution is -1.78. The predicted molar refractivity (Wildman–Crippen MR) is 34.2 cm³/mol. The average Bonchev–Trinajstić information content (AvgIpc) is 1.65. The largest absolute Gasteiger partial charge is 0.481 e. The van der Waals surface area contributed by atoms with E-state index < -0.39 is 5.97 Å². The molecule has 2 nitrogen and oxygen atoms in total. The van der Waals surface area contributed by atoms with Gasteiger partial charge in [0.25, 0.3) is 5.97 Å². The Morgan fingerprint density at radius 1 is 1.50 bits per heavy atom. The quantitative estimate of drug-likeness (QED) is 0.583. The zero-order valence-electron chi connectivity index (χ0n) is 4.27. The highest BCUT2D eigenvalue weighted by Gasteiger charge is 1.65. The van der Waals surface area contributed by atoms with Gasteiger partial charge in [0.2, 0.25) is 0 Å².